The number of unbranched alkanes of at least 4 members (excludes halogenated alkanes) is 3. The Bertz CT molecular complexity index is 473. The Morgan fingerprint density at radius 2 is 2.05 bits per heavy atom. The number of hydrogen-bond donors (Lipinski definition) is 1. The van der Waals surface area contributed by atoms with Gasteiger partial charge in [-0.25, -0.2) is 8.42 Å². The molecule has 110 valence electrons. The molecule has 0 aliphatic rings. The third kappa shape index (κ3) is 4.82. The van der Waals surface area contributed by atoms with Crippen LogP contribution in [0.2, 0.25) is 0 Å². The van der Waals surface area contributed by atoms with Crippen molar-refractivity contribution >= 4 is 37.3 Å². The number of rotatable bonds is 9. The van der Waals surface area contributed by atoms with Crippen molar-refractivity contribution < 1.29 is 13.5 Å². The van der Waals surface area contributed by atoms with Crippen LogP contribution in [-0.4, -0.2) is 37.5 Å². The predicted molar refractivity (Wildman–Crippen MR) is 82.0 cm³/mol. The molecule has 0 saturated carbocycles. The highest BCUT2D eigenvalue weighted by atomic mass is 79.9. The minimum atomic E-state index is -3.49. The topological polar surface area (TPSA) is 57.6 Å². The first-order chi connectivity index (χ1) is 9.04. The third-order valence-electron chi connectivity index (χ3n) is 2.77. The van der Waals surface area contributed by atoms with Gasteiger partial charge in [0.2, 0.25) is 0 Å². The summed E-state index contributed by atoms with van der Waals surface area (Å²) in [5.74, 6) is 0. The SMILES string of the molecule is CCCCCCN(CCO)S(=O)(=O)c1sccc1Br. The van der Waals surface area contributed by atoms with Crippen molar-refractivity contribution in [2.45, 2.75) is 36.8 Å². The molecule has 0 amide bonds. The van der Waals surface area contributed by atoms with Crippen molar-refractivity contribution in [3.63, 3.8) is 0 Å². The summed E-state index contributed by atoms with van der Waals surface area (Å²) in [6.07, 6.45) is 4.06. The molecule has 0 fully saturated rings. The van der Waals surface area contributed by atoms with Gasteiger partial charge < -0.3 is 5.11 Å². The van der Waals surface area contributed by atoms with Crippen LogP contribution in [0.15, 0.2) is 20.1 Å². The van der Waals surface area contributed by atoms with Crippen molar-refractivity contribution in [1.29, 1.82) is 0 Å². The fourth-order valence-electron chi connectivity index (χ4n) is 1.76. The van der Waals surface area contributed by atoms with Crippen LogP contribution in [0, 0.1) is 0 Å². The Balaban J connectivity index is 2.77. The Morgan fingerprint density at radius 1 is 1.32 bits per heavy atom. The second kappa shape index (κ2) is 8.36. The quantitative estimate of drug-likeness (QED) is 0.680. The number of sulfonamides is 1. The molecule has 7 heteroatoms. The molecule has 0 saturated heterocycles. The number of hydrogen-bond acceptors (Lipinski definition) is 4. The Morgan fingerprint density at radius 3 is 2.58 bits per heavy atom. The van der Waals surface area contributed by atoms with Crippen LogP contribution >= 0.6 is 27.3 Å². The third-order valence-corrected chi connectivity index (χ3v) is 7.32. The van der Waals surface area contributed by atoms with Gasteiger partial charge in [0.25, 0.3) is 10.0 Å². The molecule has 0 spiro atoms. The molecular weight excluding hydrogens is 350 g/mol. The van der Waals surface area contributed by atoms with Gasteiger partial charge >= 0.3 is 0 Å². The predicted octanol–water partition coefficient (Wildman–Crippen LogP) is 3.07. The molecule has 0 atom stereocenters. The van der Waals surface area contributed by atoms with E-state index >= 15 is 0 Å². The van der Waals surface area contributed by atoms with Gasteiger partial charge in [0.1, 0.15) is 4.21 Å². The molecule has 1 N–H and O–H groups in total. The van der Waals surface area contributed by atoms with E-state index in [9.17, 15) is 8.42 Å². The minimum Gasteiger partial charge on any atom is -0.395 e. The average molecular weight is 370 g/mol. The largest absolute Gasteiger partial charge is 0.395 e. The Hall–Kier alpha value is 0.0500. The van der Waals surface area contributed by atoms with Gasteiger partial charge in [0, 0.05) is 17.6 Å². The first-order valence-electron chi connectivity index (χ1n) is 6.38. The van der Waals surface area contributed by atoms with Crippen LogP contribution in [0.1, 0.15) is 32.6 Å². The zero-order chi connectivity index (χ0) is 14.3. The van der Waals surface area contributed by atoms with Crippen molar-refractivity contribution in [2.24, 2.45) is 0 Å². The standard InChI is InChI=1S/C12H20BrNO3S2/c1-2-3-4-5-7-14(8-9-15)19(16,17)12-11(13)6-10-18-12/h6,10,15H,2-5,7-9H2,1H3. The van der Waals surface area contributed by atoms with Crippen LogP contribution in [0.4, 0.5) is 0 Å². The summed E-state index contributed by atoms with van der Waals surface area (Å²) < 4.78 is 27.2. The van der Waals surface area contributed by atoms with E-state index in [1.54, 1.807) is 11.4 Å². The van der Waals surface area contributed by atoms with Gasteiger partial charge in [-0.3, -0.25) is 0 Å². The number of nitrogens with zero attached hydrogens (tertiary/aromatic N) is 1. The van der Waals surface area contributed by atoms with E-state index in [0.717, 1.165) is 25.7 Å². The summed E-state index contributed by atoms with van der Waals surface area (Å²) in [6.45, 7) is 2.58. The van der Waals surface area contributed by atoms with E-state index in [2.05, 4.69) is 22.9 Å². The molecule has 1 heterocycles. The highest BCUT2D eigenvalue weighted by Gasteiger charge is 2.26. The van der Waals surface area contributed by atoms with Crippen LogP contribution in [0.3, 0.4) is 0 Å². The van der Waals surface area contributed by atoms with E-state index in [-0.39, 0.29) is 13.2 Å². The van der Waals surface area contributed by atoms with E-state index < -0.39 is 10.0 Å². The van der Waals surface area contributed by atoms with Gasteiger partial charge in [0.05, 0.1) is 6.61 Å². The van der Waals surface area contributed by atoms with E-state index in [0.29, 0.717) is 15.2 Å². The second-order valence-corrected chi connectivity index (χ2v) is 8.15. The zero-order valence-corrected chi connectivity index (χ0v) is 14.2. The van der Waals surface area contributed by atoms with Crippen LogP contribution in [0.25, 0.3) is 0 Å². The highest BCUT2D eigenvalue weighted by Crippen LogP contribution is 2.30. The number of halogens is 1. The second-order valence-electron chi connectivity index (χ2n) is 4.24. The summed E-state index contributed by atoms with van der Waals surface area (Å²) in [7, 11) is -3.49. The first kappa shape index (κ1) is 17.1. The summed E-state index contributed by atoms with van der Waals surface area (Å²) in [5, 5.41) is 10.8. The molecule has 1 rings (SSSR count). The first-order valence-corrected chi connectivity index (χ1v) is 9.49. The van der Waals surface area contributed by atoms with Gasteiger partial charge in [-0.2, -0.15) is 4.31 Å². The van der Waals surface area contributed by atoms with Crippen LogP contribution in [-0.2, 0) is 10.0 Å². The van der Waals surface area contributed by atoms with E-state index in [1.807, 2.05) is 0 Å². The molecule has 1 aromatic heterocycles. The lowest BCUT2D eigenvalue weighted by Crippen LogP contribution is -2.34. The van der Waals surface area contributed by atoms with Crippen LogP contribution < -0.4 is 0 Å². The maximum Gasteiger partial charge on any atom is 0.253 e. The smallest absolute Gasteiger partial charge is 0.253 e. The van der Waals surface area contributed by atoms with E-state index in [4.69, 9.17) is 5.11 Å². The lowest BCUT2D eigenvalue weighted by Gasteiger charge is -2.20. The lowest BCUT2D eigenvalue weighted by atomic mass is 10.2. The fraction of sp³-hybridized carbons (Fsp3) is 0.667. The number of aliphatic hydroxyl groups excluding tert-OH is 1. The Labute approximate surface area is 127 Å². The average Bonchev–Trinajstić information content (AvgIpc) is 2.80. The zero-order valence-electron chi connectivity index (χ0n) is 11.0. The van der Waals surface area contributed by atoms with Crippen molar-refractivity contribution in [3.05, 3.63) is 15.9 Å². The highest BCUT2D eigenvalue weighted by molar-refractivity contribution is 9.10. The molecule has 1 aromatic rings. The number of aliphatic hydroxyl groups is 1. The molecule has 0 aliphatic carbocycles. The van der Waals surface area contributed by atoms with Crippen LogP contribution in [0.5, 0.6) is 0 Å². The van der Waals surface area contributed by atoms with Crippen molar-refractivity contribution in [2.75, 3.05) is 19.7 Å². The molecule has 0 radical (unpaired) electrons. The fourth-order valence-corrected chi connectivity index (χ4v) is 5.68. The summed E-state index contributed by atoms with van der Waals surface area (Å²) in [4.78, 5) is 0. The lowest BCUT2D eigenvalue weighted by molar-refractivity contribution is 0.252. The van der Waals surface area contributed by atoms with Crippen molar-refractivity contribution in [1.82, 2.24) is 4.31 Å². The molecular formula is C12H20BrNO3S2. The molecule has 0 unspecified atom stereocenters. The maximum absolute atomic E-state index is 12.5. The Kier molecular flexibility index (Phi) is 7.53. The van der Waals surface area contributed by atoms with E-state index in [1.165, 1.54) is 15.6 Å². The molecule has 0 aromatic carbocycles. The maximum atomic E-state index is 12.5. The van der Waals surface area contributed by atoms with Crippen molar-refractivity contribution in [3.8, 4) is 0 Å². The molecule has 0 aliphatic heterocycles. The van der Waals surface area contributed by atoms with Gasteiger partial charge in [-0.05, 0) is 33.8 Å². The van der Waals surface area contributed by atoms with Gasteiger partial charge in [-0.15, -0.1) is 11.3 Å². The summed E-state index contributed by atoms with van der Waals surface area (Å²) in [5.41, 5.74) is 0. The van der Waals surface area contributed by atoms with Gasteiger partial charge in [0.15, 0.2) is 0 Å². The summed E-state index contributed by atoms with van der Waals surface area (Å²) in [6, 6.07) is 1.73. The normalized spacial score (nSPS) is 12.2. The minimum absolute atomic E-state index is 0.152. The summed E-state index contributed by atoms with van der Waals surface area (Å²) >= 11 is 4.45. The number of thiophene rings is 1. The molecule has 4 nitrogen and oxygen atoms in total. The molecule has 19 heavy (non-hydrogen) atoms. The molecule has 0 bridgehead atoms. The monoisotopic (exact) mass is 369 g/mol. The van der Waals surface area contributed by atoms with Gasteiger partial charge in [-0.1, -0.05) is 26.2 Å².